The molecular formula is C39H78O5. The summed E-state index contributed by atoms with van der Waals surface area (Å²) in [6.07, 6.45) is 41.0. The molecule has 2 N–H and O–H groups in total. The van der Waals surface area contributed by atoms with Gasteiger partial charge in [0.25, 0.3) is 0 Å². The van der Waals surface area contributed by atoms with Gasteiger partial charge in [0.05, 0.1) is 12.7 Å². The molecule has 0 amide bonds. The highest BCUT2D eigenvalue weighted by Crippen LogP contribution is 2.15. The minimum atomic E-state index is -0.653. The summed E-state index contributed by atoms with van der Waals surface area (Å²) in [6, 6.07) is 0. The van der Waals surface area contributed by atoms with Crippen LogP contribution in [0.4, 0.5) is 0 Å². The van der Waals surface area contributed by atoms with Crippen molar-refractivity contribution in [1.29, 1.82) is 0 Å². The van der Waals surface area contributed by atoms with Gasteiger partial charge in [0.2, 0.25) is 0 Å². The summed E-state index contributed by atoms with van der Waals surface area (Å²) in [4.78, 5) is 20.7. The predicted octanol–water partition coefficient (Wildman–Crippen LogP) is 13.1. The highest BCUT2D eigenvalue weighted by Gasteiger charge is 2.13. The molecule has 1 aliphatic rings. The zero-order valence-electron chi connectivity index (χ0n) is 30.0. The molecule has 0 aliphatic carbocycles. The van der Waals surface area contributed by atoms with E-state index in [1.807, 2.05) is 0 Å². The maximum absolute atomic E-state index is 10.3. The van der Waals surface area contributed by atoms with E-state index in [1.54, 1.807) is 0 Å². The summed E-state index contributed by atoms with van der Waals surface area (Å²) >= 11 is 0. The van der Waals surface area contributed by atoms with Crippen LogP contribution in [0.15, 0.2) is 0 Å². The largest absolute Gasteiger partial charge is 0.481 e. The van der Waals surface area contributed by atoms with Crippen LogP contribution in [0.3, 0.4) is 0 Å². The average Bonchev–Trinajstić information content (AvgIpc) is 3.79. The number of carbonyl (C=O) groups is 2. The lowest BCUT2D eigenvalue weighted by Crippen LogP contribution is -1.93. The number of unbranched alkanes of at least 4 members (excludes halogenated alkanes) is 28. The van der Waals surface area contributed by atoms with Crippen molar-refractivity contribution in [3.63, 3.8) is 0 Å². The van der Waals surface area contributed by atoms with Crippen LogP contribution in [0, 0.1) is 0 Å². The van der Waals surface area contributed by atoms with Gasteiger partial charge in [-0.3, -0.25) is 9.59 Å². The number of ether oxygens (including phenoxy) is 1. The van der Waals surface area contributed by atoms with Crippen LogP contribution in [0.1, 0.15) is 226 Å². The highest BCUT2D eigenvalue weighted by molar-refractivity contribution is 5.66. The van der Waals surface area contributed by atoms with Gasteiger partial charge < -0.3 is 14.9 Å². The molecule has 44 heavy (non-hydrogen) atoms. The molecule has 1 rings (SSSR count). The van der Waals surface area contributed by atoms with Gasteiger partial charge in [-0.2, -0.15) is 0 Å². The maximum Gasteiger partial charge on any atom is 0.303 e. The molecule has 0 saturated carbocycles. The van der Waals surface area contributed by atoms with E-state index in [1.165, 1.54) is 167 Å². The van der Waals surface area contributed by atoms with Crippen molar-refractivity contribution in [2.45, 2.75) is 232 Å². The number of hydrogen-bond acceptors (Lipinski definition) is 3. The number of carboxylic acids is 2. The Balaban J connectivity index is 0. The van der Waals surface area contributed by atoms with E-state index in [9.17, 15) is 9.59 Å². The third kappa shape index (κ3) is 50.5. The Morgan fingerprint density at radius 1 is 0.432 bits per heavy atom. The van der Waals surface area contributed by atoms with Crippen molar-refractivity contribution < 1.29 is 24.5 Å². The van der Waals surface area contributed by atoms with E-state index >= 15 is 0 Å². The topological polar surface area (TPSA) is 87.1 Å². The Kier molecular flexibility index (Phi) is 40.9. The molecule has 5 nitrogen and oxygen atoms in total. The van der Waals surface area contributed by atoms with Gasteiger partial charge in [0, 0.05) is 12.8 Å². The normalized spacial score (nSPS) is 13.5. The van der Waals surface area contributed by atoms with Crippen molar-refractivity contribution in [2.75, 3.05) is 6.61 Å². The predicted molar refractivity (Wildman–Crippen MR) is 190 cm³/mol. The van der Waals surface area contributed by atoms with Crippen LogP contribution in [0.5, 0.6) is 0 Å². The standard InChI is InChI=1S/2C18H36O2.C3H6O/c2*1-2-3-4-5-6-7-8-9-10-11-12-13-14-15-16-17-18(19)20;1-3-2-4-3/h2*2-17H2,1H3,(H,19,20);3H,2H2,1H3. The van der Waals surface area contributed by atoms with Gasteiger partial charge in [0.1, 0.15) is 0 Å². The maximum atomic E-state index is 10.3. The van der Waals surface area contributed by atoms with Gasteiger partial charge in [-0.1, -0.05) is 194 Å². The Morgan fingerprint density at radius 2 is 0.591 bits per heavy atom. The Hall–Kier alpha value is -1.10. The summed E-state index contributed by atoms with van der Waals surface area (Å²) in [6.45, 7) is 7.58. The third-order valence-electron chi connectivity index (χ3n) is 8.49. The molecule has 1 fully saturated rings. The minimum Gasteiger partial charge on any atom is -0.481 e. The molecule has 0 aromatic carbocycles. The van der Waals surface area contributed by atoms with Gasteiger partial charge in [0.15, 0.2) is 0 Å². The second-order valence-electron chi connectivity index (χ2n) is 13.3. The zero-order valence-corrected chi connectivity index (χ0v) is 30.0. The van der Waals surface area contributed by atoms with Crippen LogP contribution >= 0.6 is 0 Å². The first-order chi connectivity index (χ1) is 21.4. The molecule has 264 valence electrons. The Bertz CT molecular complexity index is 517. The van der Waals surface area contributed by atoms with Crippen LogP contribution in [-0.4, -0.2) is 34.9 Å². The first-order valence-corrected chi connectivity index (χ1v) is 19.5. The third-order valence-corrected chi connectivity index (χ3v) is 8.49. The first-order valence-electron chi connectivity index (χ1n) is 19.5. The summed E-state index contributed by atoms with van der Waals surface area (Å²) in [5, 5.41) is 17.0. The van der Waals surface area contributed by atoms with Crippen LogP contribution < -0.4 is 0 Å². The molecule has 0 radical (unpaired) electrons. The van der Waals surface area contributed by atoms with Crippen molar-refractivity contribution in [2.24, 2.45) is 0 Å². The summed E-state index contributed by atoms with van der Waals surface area (Å²) in [5.41, 5.74) is 0. The van der Waals surface area contributed by atoms with Crippen molar-refractivity contribution >= 4 is 11.9 Å². The molecule has 0 aromatic heterocycles. The lowest BCUT2D eigenvalue weighted by atomic mass is 10.0. The number of rotatable bonds is 32. The molecular weight excluding hydrogens is 548 g/mol. The average molecular weight is 627 g/mol. The molecule has 5 heteroatoms. The SMILES string of the molecule is CC1CO1.CCCCCCCCCCCCCCCCCC(=O)O.CCCCCCCCCCCCCCCCCC(=O)O. The van der Waals surface area contributed by atoms with Crippen molar-refractivity contribution in [3.8, 4) is 0 Å². The Labute approximate surface area is 275 Å². The minimum absolute atomic E-state index is 0.345. The fraction of sp³-hybridized carbons (Fsp3) is 0.949. The molecule has 1 aliphatic heterocycles. The van der Waals surface area contributed by atoms with Crippen LogP contribution in [0.2, 0.25) is 0 Å². The summed E-state index contributed by atoms with van der Waals surface area (Å²) < 4.78 is 4.71. The second kappa shape index (κ2) is 39.9. The molecule has 1 saturated heterocycles. The second-order valence-corrected chi connectivity index (χ2v) is 13.3. The highest BCUT2D eigenvalue weighted by atomic mass is 16.6. The smallest absolute Gasteiger partial charge is 0.303 e. The van der Waals surface area contributed by atoms with E-state index in [-0.39, 0.29) is 0 Å². The van der Waals surface area contributed by atoms with Gasteiger partial charge >= 0.3 is 11.9 Å². The quantitative estimate of drug-likeness (QED) is 0.0573. The van der Waals surface area contributed by atoms with E-state index in [2.05, 4.69) is 20.8 Å². The number of aliphatic carboxylic acids is 2. The lowest BCUT2D eigenvalue weighted by Gasteiger charge is -2.03. The summed E-state index contributed by atoms with van der Waals surface area (Å²) in [7, 11) is 0. The lowest BCUT2D eigenvalue weighted by molar-refractivity contribution is -0.138. The number of carboxylic acid groups (broad SMARTS) is 2. The first kappa shape index (κ1) is 45.0. The van der Waals surface area contributed by atoms with E-state index in [0.717, 1.165) is 32.3 Å². The molecule has 1 unspecified atom stereocenters. The van der Waals surface area contributed by atoms with E-state index < -0.39 is 11.9 Å². The fourth-order valence-corrected chi connectivity index (χ4v) is 5.39. The van der Waals surface area contributed by atoms with E-state index in [4.69, 9.17) is 14.9 Å². The van der Waals surface area contributed by atoms with Gasteiger partial charge in [-0.25, -0.2) is 0 Å². The summed E-state index contributed by atoms with van der Waals surface area (Å²) in [5.74, 6) is -1.31. The number of epoxide rings is 1. The molecule has 0 bridgehead atoms. The van der Waals surface area contributed by atoms with Gasteiger partial charge in [-0.15, -0.1) is 0 Å². The van der Waals surface area contributed by atoms with E-state index in [0.29, 0.717) is 18.9 Å². The fourth-order valence-electron chi connectivity index (χ4n) is 5.39. The Morgan fingerprint density at radius 3 is 0.727 bits per heavy atom. The van der Waals surface area contributed by atoms with Gasteiger partial charge in [-0.05, 0) is 19.8 Å². The number of hydrogen-bond donors (Lipinski definition) is 2. The molecule has 0 aromatic rings. The van der Waals surface area contributed by atoms with Crippen LogP contribution in [-0.2, 0) is 14.3 Å². The molecule has 0 spiro atoms. The van der Waals surface area contributed by atoms with Crippen LogP contribution in [0.25, 0.3) is 0 Å². The molecule has 1 heterocycles. The van der Waals surface area contributed by atoms with Crippen molar-refractivity contribution in [1.82, 2.24) is 0 Å². The molecule has 1 atom stereocenters. The zero-order chi connectivity index (χ0) is 32.8. The van der Waals surface area contributed by atoms with Crippen molar-refractivity contribution in [3.05, 3.63) is 0 Å². The monoisotopic (exact) mass is 627 g/mol.